The third-order valence-electron chi connectivity index (χ3n) is 3.72. The molecule has 0 aliphatic heterocycles. The van der Waals surface area contributed by atoms with E-state index in [1.54, 1.807) is 6.20 Å². The zero-order chi connectivity index (χ0) is 14.5. The number of nitrogens with one attached hydrogen (secondary N) is 2. The van der Waals surface area contributed by atoms with E-state index in [1.165, 1.54) is 25.7 Å². The molecular weight excluding hydrogens is 254 g/mol. The molecule has 1 aliphatic rings. The topological polar surface area (TPSA) is 92.9 Å². The Morgan fingerprint density at radius 1 is 1.45 bits per heavy atom. The van der Waals surface area contributed by atoms with Gasteiger partial charge < -0.3 is 10.7 Å². The third kappa shape index (κ3) is 3.45. The van der Waals surface area contributed by atoms with Gasteiger partial charge in [-0.1, -0.05) is 26.7 Å². The molecule has 110 valence electrons. The molecule has 2 rings (SSSR count). The number of rotatable bonds is 5. The lowest BCUT2D eigenvalue weighted by Crippen LogP contribution is -2.30. The summed E-state index contributed by atoms with van der Waals surface area (Å²) in [7, 11) is 0. The summed E-state index contributed by atoms with van der Waals surface area (Å²) in [5.74, 6) is 6.65. The largest absolute Gasteiger partial charge is 0.350 e. The second kappa shape index (κ2) is 6.65. The molecule has 6 nitrogen and oxygen atoms in total. The van der Waals surface area contributed by atoms with E-state index in [-0.39, 0.29) is 11.8 Å². The lowest BCUT2D eigenvalue weighted by atomic mass is 10.1. The van der Waals surface area contributed by atoms with Crippen LogP contribution >= 0.6 is 0 Å². The number of nitrogen functional groups attached to an aromatic ring is 1. The van der Waals surface area contributed by atoms with Crippen molar-refractivity contribution in [3.63, 3.8) is 0 Å². The Labute approximate surface area is 119 Å². The first-order valence-corrected chi connectivity index (χ1v) is 7.23. The Morgan fingerprint density at radius 3 is 2.75 bits per heavy atom. The minimum Gasteiger partial charge on any atom is -0.350 e. The summed E-state index contributed by atoms with van der Waals surface area (Å²) in [4.78, 5) is 20.8. The molecule has 1 aliphatic carbocycles. The highest BCUT2D eigenvalue weighted by molar-refractivity contribution is 5.97. The van der Waals surface area contributed by atoms with E-state index in [0.29, 0.717) is 29.7 Å². The number of nitrogens with two attached hydrogens (primary N) is 1. The monoisotopic (exact) mass is 277 g/mol. The first-order chi connectivity index (χ1) is 9.61. The Kier molecular flexibility index (Phi) is 4.89. The van der Waals surface area contributed by atoms with Crippen molar-refractivity contribution >= 4 is 11.6 Å². The molecule has 1 heterocycles. The van der Waals surface area contributed by atoms with Gasteiger partial charge in [0.1, 0.15) is 5.82 Å². The van der Waals surface area contributed by atoms with Crippen molar-refractivity contribution in [3.8, 4) is 0 Å². The van der Waals surface area contributed by atoms with Crippen LogP contribution in [0.4, 0.5) is 5.69 Å². The standard InChI is InChI=1S/C14H23N5O/c1-9(2)13-16-8-11(19-15)12(18-13)14(20)17-7-10-5-3-4-6-10/h8-10,19H,3-7,15H2,1-2H3,(H,17,20). The van der Waals surface area contributed by atoms with Gasteiger partial charge in [0.2, 0.25) is 0 Å². The van der Waals surface area contributed by atoms with Crippen LogP contribution in [0.15, 0.2) is 6.20 Å². The van der Waals surface area contributed by atoms with Crippen LogP contribution in [0.2, 0.25) is 0 Å². The molecule has 0 spiro atoms. The molecular formula is C14H23N5O. The van der Waals surface area contributed by atoms with E-state index < -0.39 is 0 Å². The quantitative estimate of drug-likeness (QED) is 0.564. The molecule has 0 saturated heterocycles. The van der Waals surface area contributed by atoms with E-state index in [0.717, 1.165) is 0 Å². The van der Waals surface area contributed by atoms with Crippen LogP contribution < -0.4 is 16.6 Å². The van der Waals surface area contributed by atoms with Crippen LogP contribution in [0, 0.1) is 5.92 Å². The van der Waals surface area contributed by atoms with Crippen LogP contribution in [0.25, 0.3) is 0 Å². The highest BCUT2D eigenvalue weighted by atomic mass is 16.1. The normalized spacial score (nSPS) is 15.6. The maximum absolute atomic E-state index is 12.3. The molecule has 1 fully saturated rings. The van der Waals surface area contributed by atoms with Gasteiger partial charge in [-0.15, -0.1) is 0 Å². The third-order valence-corrected chi connectivity index (χ3v) is 3.72. The Balaban J connectivity index is 2.08. The van der Waals surface area contributed by atoms with Crippen molar-refractivity contribution in [1.82, 2.24) is 15.3 Å². The number of amides is 1. The molecule has 1 amide bonds. The second-order valence-electron chi connectivity index (χ2n) is 5.65. The average molecular weight is 277 g/mol. The van der Waals surface area contributed by atoms with Crippen molar-refractivity contribution in [2.45, 2.75) is 45.4 Å². The van der Waals surface area contributed by atoms with Gasteiger partial charge in [-0.3, -0.25) is 10.6 Å². The lowest BCUT2D eigenvalue weighted by molar-refractivity contribution is 0.0942. The van der Waals surface area contributed by atoms with Crippen LogP contribution in [-0.4, -0.2) is 22.4 Å². The van der Waals surface area contributed by atoms with Crippen LogP contribution in [0.1, 0.15) is 61.8 Å². The maximum Gasteiger partial charge on any atom is 0.272 e. The number of hydrogen-bond donors (Lipinski definition) is 3. The minimum absolute atomic E-state index is 0.170. The van der Waals surface area contributed by atoms with Crippen LogP contribution in [0.3, 0.4) is 0 Å². The molecule has 4 N–H and O–H groups in total. The molecule has 0 atom stereocenters. The summed E-state index contributed by atoms with van der Waals surface area (Å²) in [6, 6.07) is 0. The maximum atomic E-state index is 12.3. The van der Waals surface area contributed by atoms with Gasteiger partial charge in [-0.2, -0.15) is 0 Å². The number of carbonyl (C=O) groups is 1. The summed E-state index contributed by atoms with van der Waals surface area (Å²) in [6.45, 7) is 4.69. The highest BCUT2D eigenvalue weighted by Gasteiger charge is 2.19. The van der Waals surface area contributed by atoms with Crippen molar-refractivity contribution < 1.29 is 4.79 Å². The minimum atomic E-state index is -0.186. The summed E-state index contributed by atoms with van der Waals surface area (Å²) in [5, 5.41) is 2.96. The molecule has 0 aromatic carbocycles. The van der Waals surface area contributed by atoms with Gasteiger partial charge >= 0.3 is 0 Å². The predicted molar refractivity (Wildman–Crippen MR) is 78.2 cm³/mol. The molecule has 1 saturated carbocycles. The van der Waals surface area contributed by atoms with Crippen molar-refractivity contribution in [3.05, 3.63) is 17.7 Å². The first kappa shape index (κ1) is 14.7. The molecule has 1 aromatic heterocycles. The zero-order valence-corrected chi connectivity index (χ0v) is 12.1. The fraction of sp³-hybridized carbons (Fsp3) is 0.643. The van der Waals surface area contributed by atoms with Gasteiger partial charge in [-0.05, 0) is 18.8 Å². The number of hydrogen-bond acceptors (Lipinski definition) is 5. The van der Waals surface area contributed by atoms with Crippen molar-refractivity contribution in [2.24, 2.45) is 11.8 Å². The van der Waals surface area contributed by atoms with E-state index in [2.05, 4.69) is 20.7 Å². The Bertz CT molecular complexity index is 469. The molecule has 0 radical (unpaired) electrons. The smallest absolute Gasteiger partial charge is 0.272 e. The zero-order valence-electron chi connectivity index (χ0n) is 12.1. The molecule has 0 bridgehead atoms. The van der Waals surface area contributed by atoms with Gasteiger partial charge in [0.15, 0.2) is 5.69 Å². The fourth-order valence-electron chi connectivity index (χ4n) is 2.49. The number of carbonyl (C=O) groups excluding carboxylic acids is 1. The van der Waals surface area contributed by atoms with Gasteiger partial charge in [0, 0.05) is 12.5 Å². The van der Waals surface area contributed by atoms with E-state index in [9.17, 15) is 4.79 Å². The summed E-state index contributed by atoms with van der Waals surface area (Å²) >= 11 is 0. The lowest BCUT2D eigenvalue weighted by Gasteiger charge is -2.13. The van der Waals surface area contributed by atoms with Gasteiger partial charge in [-0.25, -0.2) is 9.97 Å². The number of hydrazine groups is 1. The number of anilines is 1. The average Bonchev–Trinajstić information content (AvgIpc) is 2.97. The van der Waals surface area contributed by atoms with E-state index in [4.69, 9.17) is 5.84 Å². The molecule has 0 unspecified atom stereocenters. The Morgan fingerprint density at radius 2 is 2.15 bits per heavy atom. The molecule has 1 aromatic rings. The van der Waals surface area contributed by atoms with Gasteiger partial charge in [0.25, 0.3) is 5.91 Å². The Hall–Kier alpha value is -1.69. The van der Waals surface area contributed by atoms with Crippen LogP contribution in [0.5, 0.6) is 0 Å². The highest BCUT2D eigenvalue weighted by Crippen LogP contribution is 2.24. The van der Waals surface area contributed by atoms with Crippen molar-refractivity contribution in [1.29, 1.82) is 0 Å². The van der Waals surface area contributed by atoms with Gasteiger partial charge in [0.05, 0.1) is 11.9 Å². The number of nitrogens with zero attached hydrogens (tertiary/aromatic N) is 2. The van der Waals surface area contributed by atoms with Crippen LogP contribution in [-0.2, 0) is 0 Å². The summed E-state index contributed by atoms with van der Waals surface area (Å²) in [6.07, 6.45) is 6.49. The van der Waals surface area contributed by atoms with Crippen molar-refractivity contribution in [2.75, 3.05) is 12.0 Å². The first-order valence-electron chi connectivity index (χ1n) is 7.23. The second-order valence-corrected chi connectivity index (χ2v) is 5.65. The summed E-state index contributed by atoms with van der Waals surface area (Å²) < 4.78 is 0. The molecule has 20 heavy (non-hydrogen) atoms. The fourth-order valence-corrected chi connectivity index (χ4v) is 2.49. The van der Waals surface area contributed by atoms with E-state index >= 15 is 0 Å². The predicted octanol–water partition coefficient (Wildman–Crippen LogP) is 1.81. The number of aromatic nitrogens is 2. The SMILES string of the molecule is CC(C)c1ncc(NN)c(C(=O)NCC2CCCC2)n1. The molecule has 6 heteroatoms. The summed E-state index contributed by atoms with van der Waals surface area (Å²) in [5.41, 5.74) is 3.26. The van der Waals surface area contributed by atoms with E-state index in [1.807, 2.05) is 13.8 Å².